The second kappa shape index (κ2) is 8.42. The molecule has 0 aliphatic rings. The first kappa shape index (κ1) is 20.2. The fraction of sp³-hybridized carbons (Fsp3) is 0.0870. The number of anilines is 3. The van der Waals surface area contributed by atoms with Crippen molar-refractivity contribution in [1.29, 1.82) is 0 Å². The molecule has 0 aliphatic heterocycles. The number of benzene rings is 1. The van der Waals surface area contributed by atoms with Crippen molar-refractivity contribution in [3.63, 3.8) is 0 Å². The van der Waals surface area contributed by atoms with Crippen LogP contribution >= 0.6 is 0 Å². The zero-order valence-corrected chi connectivity index (χ0v) is 17.8. The first-order valence-electron chi connectivity index (χ1n) is 10.3. The number of nitrogen functional groups attached to an aromatic ring is 1. The molecule has 0 fully saturated rings. The molecule has 0 unspecified atom stereocenters. The summed E-state index contributed by atoms with van der Waals surface area (Å²) >= 11 is 0. The summed E-state index contributed by atoms with van der Waals surface area (Å²) < 4.78 is 3.15. The number of nitrogens with zero attached hydrogens (tertiary/aromatic N) is 6. The Balaban J connectivity index is 1.42. The molecule has 0 atom stereocenters. The molecule has 0 saturated carbocycles. The van der Waals surface area contributed by atoms with Gasteiger partial charge in [-0.15, -0.1) is 5.10 Å². The first-order valence-corrected chi connectivity index (χ1v) is 10.3. The van der Waals surface area contributed by atoms with E-state index in [0.717, 1.165) is 11.2 Å². The SMILES string of the molecule is Cc1nc(N)cc(-c2c(Nc3ccn(C(=O)NCc4ccccc4)n3)nc3ccccn23)n1. The van der Waals surface area contributed by atoms with Gasteiger partial charge in [0.2, 0.25) is 0 Å². The second-order valence-electron chi connectivity index (χ2n) is 7.38. The van der Waals surface area contributed by atoms with Gasteiger partial charge >= 0.3 is 6.03 Å². The lowest BCUT2D eigenvalue weighted by molar-refractivity contribution is 0.239. The van der Waals surface area contributed by atoms with Gasteiger partial charge < -0.3 is 16.4 Å². The highest BCUT2D eigenvalue weighted by Gasteiger charge is 2.18. The Morgan fingerprint density at radius 3 is 2.64 bits per heavy atom. The molecule has 1 aromatic carbocycles. The molecule has 4 heterocycles. The normalized spacial score (nSPS) is 10.9. The summed E-state index contributed by atoms with van der Waals surface area (Å²) in [4.78, 5) is 25.9. The highest BCUT2D eigenvalue weighted by Crippen LogP contribution is 2.30. The van der Waals surface area contributed by atoms with Crippen LogP contribution < -0.4 is 16.4 Å². The summed E-state index contributed by atoms with van der Waals surface area (Å²) in [5.41, 5.74) is 9.03. The molecule has 10 heteroatoms. The molecule has 1 amide bonds. The number of nitrogens with one attached hydrogen (secondary N) is 2. The molecule has 0 radical (unpaired) electrons. The monoisotopic (exact) mass is 439 g/mol. The third-order valence-corrected chi connectivity index (χ3v) is 4.96. The number of amides is 1. The highest BCUT2D eigenvalue weighted by atomic mass is 16.2. The summed E-state index contributed by atoms with van der Waals surface area (Å²) in [5.74, 6) is 1.93. The van der Waals surface area contributed by atoms with Gasteiger partial charge in [0.25, 0.3) is 0 Å². The Morgan fingerprint density at radius 1 is 1.00 bits per heavy atom. The van der Waals surface area contributed by atoms with E-state index < -0.39 is 0 Å². The molecule has 164 valence electrons. The van der Waals surface area contributed by atoms with Gasteiger partial charge in [-0.25, -0.2) is 19.7 Å². The van der Waals surface area contributed by atoms with E-state index in [4.69, 9.17) is 5.73 Å². The third-order valence-electron chi connectivity index (χ3n) is 4.96. The van der Waals surface area contributed by atoms with E-state index in [2.05, 4.69) is 30.7 Å². The van der Waals surface area contributed by atoms with E-state index in [1.54, 1.807) is 25.3 Å². The minimum Gasteiger partial charge on any atom is -0.384 e. The van der Waals surface area contributed by atoms with E-state index in [9.17, 15) is 4.79 Å². The number of hydrogen-bond acceptors (Lipinski definition) is 7. The summed E-state index contributed by atoms with van der Waals surface area (Å²) in [6, 6.07) is 18.5. The molecule has 33 heavy (non-hydrogen) atoms. The number of aromatic nitrogens is 6. The van der Waals surface area contributed by atoms with Crippen LogP contribution in [-0.2, 0) is 6.54 Å². The van der Waals surface area contributed by atoms with Crippen LogP contribution in [0.3, 0.4) is 0 Å². The Bertz CT molecular complexity index is 1420. The maximum atomic E-state index is 12.5. The van der Waals surface area contributed by atoms with Gasteiger partial charge in [-0.2, -0.15) is 4.68 Å². The van der Waals surface area contributed by atoms with E-state index in [1.807, 2.05) is 59.1 Å². The van der Waals surface area contributed by atoms with Crippen LogP contribution in [0.2, 0.25) is 0 Å². The minimum absolute atomic E-state index is 0.332. The van der Waals surface area contributed by atoms with Crippen LogP contribution in [0.15, 0.2) is 73.1 Å². The largest absolute Gasteiger partial charge is 0.384 e. The maximum absolute atomic E-state index is 12.5. The van der Waals surface area contributed by atoms with Gasteiger partial charge in [0.1, 0.15) is 23.0 Å². The number of aryl methyl sites for hydroxylation is 1. The van der Waals surface area contributed by atoms with Crippen molar-refractivity contribution in [3.05, 3.63) is 84.4 Å². The quantitative estimate of drug-likeness (QED) is 0.383. The Morgan fingerprint density at radius 2 is 1.82 bits per heavy atom. The molecule has 0 aliphatic carbocycles. The van der Waals surface area contributed by atoms with Crippen LogP contribution in [-0.4, -0.2) is 35.2 Å². The summed E-state index contributed by atoms with van der Waals surface area (Å²) in [5, 5.41) is 10.4. The average Bonchev–Trinajstić information content (AvgIpc) is 3.42. The predicted molar refractivity (Wildman–Crippen MR) is 125 cm³/mol. The van der Waals surface area contributed by atoms with E-state index in [0.29, 0.717) is 41.2 Å². The van der Waals surface area contributed by atoms with Gasteiger partial charge in [-0.05, 0) is 24.6 Å². The van der Waals surface area contributed by atoms with Gasteiger partial charge in [0.15, 0.2) is 11.6 Å². The Hall–Kier alpha value is -4.73. The molecule has 4 N–H and O–H groups in total. The number of fused-ring (bicyclic) bond motifs is 1. The van der Waals surface area contributed by atoms with Crippen LogP contribution in [0, 0.1) is 6.92 Å². The summed E-state index contributed by atoms with van der Waals surface area (Å²) in [7, 11) is 0. The number of nitrogens with two attached hydrogens (primary N) is 1. The van der Waals surface area contributed by atoms with Gasteiger partial charge in [0.05, 0.1) is 5.69 Å². The average molecular weight is 439 g/mol. The minimum atomic E-state index is -0.332. The van der Waals surface area contributed by atoms with Crippen molar-refractivity contribution in [3.8, 4) is 11.4 Å². The van der Waals surface area contributed by atoms with Crippen molar-refractivity contribution in [1.82, 2.24) is 34.4 Å². The lowest BCUT2D eigenvalue weighted by Gasteiger charge is -2.07. The maximum Gasteiger partial charge on any atom is 0.342 e. The van der Waals surface area contributed by atoms with E-state index in [-0.39, 0.29) is 6.03 Å². The molecule has 10 nitrogen and oxygen atoms in total. The van der Waals surface area contributed by atoms with Crippen LogP contribution in [0.5, 0.6) is 0 Å². The zero-order valence-electron chi connectivity index (χ0n) is 17.8. The molecule has 4 aromatic heterocycles. The smallest absolute Gasteiger partial charge is 0.342 e. The molecule has 0 spiro atoms. The van der Waals surface area contributed by atoms with Gasteiger partial charge in [-0.3, -0.25) is 4.40 Å². The lowest BCUT2D eigenvalue weighted by Crippen LogP contribution is -2.28. The number of carbonyl (C=O) groups excluding carboxylic acids is 1. The van der Waals surface area contributed by atoms with Crippen LogP contribution in [0.4, 0.5) is 22.2 Å². The third kappa shape index (κ3) is 4.22. The topological polar surface area (TPSA) is 128 Å². The number of imidazole rings is 1. The molecule has 0 bridgehead atoms. The van der Waals surface area contributed by atoms with Crippen molar-refractivity contribution in [2.45, 2.75) is 13.5 Å². The summed E-state index contributed by atoms with van der Waals surface area (Å²) in [6.07, 6.45) is 3.48. The second-order valence-corrected chi connectivity index (χ2v) is 7.38. The van der Waals surface area contributed by atoms with Crippen LogP contribution in [0.25, 0.3) is 17.0 Å². The number of hydrogen-bond donors (Lipinski definition) is 3. The summed E-state index contributed by atoms with van der Waals surface area (Å²) in [6.45, 7) is 2.19. The fourth-order valence-electron chi connectivity index (χ4n) is 3.52. The Labute approximate surface area is 189 Å². The number of pyridine rings is 1. The van der Waals surface area contributed by atoms with Crippen molar-refractivity contribution < 1.29 is 4.79 Å². The van der Waals surface area contributed by atoms with Gasteiger partial charge in [0, 0.05) is 31.1 Å². The molecule has 0 saturated heterocycles. The van der Waals surface area contributed by atoms with Crippen LogP contribution in [0.1, 0.15) is 11.4 Å². The van der Waals surface area contributed by atoms with Crippen molar-refractivity contribution >= 4 is 29.1 Å². The molecule has 5 aromatic rings. The Kier molecular flexibility index (Phi) is 5.15. The lowest BCUT2D eigenvalue weighted by atomic mass is 10.2. The van der Waals surface area contributed by atoms with Crippen molar-refractivity contribution in [2.24, 2.45) is 0 Å². The first-order chi connectivity index (χ1) is 16.1. The van der Waals surface area contributed by atoms with Crippen molar-refractivity contribution in [2.75, 3.05) is 11.1 Å². The molecular weight excluding hydrogens is 418 g/mol. The van der Waals surface area contributed by atoms with E-state index in [1.165, 1.54) is 4.68 Å². The highest BCUT2D eigenvalue weighted by molar-refractivity contribution is 5.79. The predicted octanol–water partition coefficient (Wildman–Crippen LogP) is 3.38. The number of carbonyl (C=O) groups is 1. The van der Waals surface area contributed by atoms with E-state index >= 15 is 0 Å². The number of rotatable bonds is 5. The standard InChI is InChI=1S/C23H21N9O/c1-15-26-17(13-18(24)27-15)21-22(29-20-9-5-6-11-31(20)21)28-19-10-12-32(30-19)23(33)25-14-16-7-3-2-4-8-16/h2-13H,14H2,1H3,(H,25,33)(H,28,30)(H2,24,26,27). The molecular formula is C23H21N9O. The fourth-order valence-corrected chi connectivity index (χ4v) is 3.52. The van der Waals surface area contributed by atoms with Gasteiger partial charge in [-0.1, -0.05) is 36.4 Å². The zero-order chi connectivity index (χ0) is 22.8. The molecule has 5 rings (SSSR count).